The largest absolute Gasteiger partial charge is 0.393 e. The fourth-order valence-corrected chi connectivity index (χ4v) is 3.65. The van der Waals surface area contributed by atoms with Gasteiger partial charge in [0.05, 0.1) is 36.5 Å². The molecule has 1 saturated carbocycles. The first kappa shape index (κ1) is 14.8. The number of fused-ring (bicyclic) bond motifs is 1. The van der Waals surface area contributed by atoms with Crippen molar-refractivity contribution in [3.05, 3.63) is 31.0 Å². The Kier molecular flexibility index (Phi) is 3.75. The van der Waals surface area contributed by atoms with Crippen molar-refractivity contribution in [1.29, 1.82) is 5.26 Å². The van der Waals surface area contributed by atoms with Gasteiger partial charge in [-0.2, -0.15) is 10.4 Å². The summed E-state index contributed by atoms with van der Waals surface area (Å²) in [5, 5.41) is 24.4. The van der Waals surface area contributed by atoms with Crippen molar-refractivity contribution in [2.24, 2.45) is 5.92 Å². The maximum Gasteiger partial charge on any atom is 0.141 e. The predicted octanol–water partition coefficient (Wildman–Crippen LogP) is 2.44. The highest BCUT2D eigenvalue weighted by Gasteiger charge is 2.31. The predicted molar refractivity (Wildman–Crippen MR) is 87.7 cm³/mol. The molecule has 0 saturated heterocycles. The van der Waals surface area contributed by atoms with Gasteiger partial charge in [0.1, 0.15) is 12.0 Å². The van der Waals surface area contributed by atoms with E-state index in [0.717, 1.165) is 41.6 Å². The number of hydrogen-bond acceptors (Lipinski definition) is 5. The van der Waals surface area contributed by atoms with E-state index in [1.54, 1.807) is 6.20 Å². The molecule has 1 aliphatic carbocycles. The zero-order valence-corrected chi connectivity index (χ0v) is 13.1. The molecule has 2 N–H and O–H groups in total. The lowest BCUT2D eigenvalue weighted by atomic mass is 9.96. The SMILES string of the molecule is N#CCC([C@@H]1CC[C@H](O)C1)n1cc(-c2ncnc3[nH]ccc23)cn1. The summed E-state index contributed by atoms with van der Waals surface area (Å²) >= 11 is 0. The molecule has 3 heterocycles. The number of nitriles is 1. The van der Waals surface area contributed by atoms with Crippen LogP contribution in [-0.2, 0) is 0 Å². The average Bonchev–Trinajstić information content (AvgIpc) is 3.32. The summed E-state index contributed by atoms with van der Waals surface area (Å²) in [5.41, 5.74) is 2.53. The number of nitrogens with one attached hydrogen (secondary N) is 1. The molecular formula is C17H18N6O. The van der Waals surface area contributed by atoms with E-state index < -0.39 is 0 Å². The minimum absolute atomic E-state index is 0.00977. The van der Waals surface area contributed by atoms with Gasteiger partial charge in [0.15, 0.2) is 0 Å². The van der Waals surface area contributed by atoms with Crippen molar-refractivity contribution in [3.63, 3.8) is 0 Å². The quantitative estimate of drug-likeness (QED) is 0.768. The summed E-state index contributed by atoms with van der Waals surface area (Å²) in [7, 11) is 0. The van der Waals surface area contributed by atoms with Crippen molar-refractivity contribution >= 4 is 11.0 Å². The standard InChI is InChI=1S/C17H18N6O/c18-5-3-15(11-1-2-13(24)7-11)23-9-12(8-22-23)16-14-4-6-19-17(14)21-10-20-16/h4,6,8-11,13,15,24H,1-3,7H2,(H,19,20,21)/t11-,13+,15?/m1/s1. The molecule has 24 heavy (non-hydrogen) atoms. The molecule has 0 spiro atoms. The number of rotatable bonds is 4. The second kappa shape index (κ2) is 6.06. The van der Waals surface area contributed by atoms with E-state index in [0.29, 0.717) is 6.42 Å². The van der Waals surface area contributed by atoms with Gasteiger partial charge in [-0.05, 0) is 31.2 Å². The third-order valence-electron chi connectivity index (χ3n) is 4.86. The fourth-order valence-electron chi connectivity index (χ4n) is 3.65. The summed E-state index contributed by atoms with van der Waals surface area (Å²) in [6.07, 6.45) is 9.70. The second-order valence-electron chi connectivity index (χ2n) is 6.33. The molecule has 0 aromatic carbocycles. The van der Waals surface area contributed by atoms with Gasteiger partial charge in [0.25, 0.3) is 0 Å². The van der Waals surface area contributed by atoms with Gasteiger partial charge < -0.3 is 10.1 Å². The van der Waals surface area contributed by atoms with Crippen LogP contribution in [0.4, 0.5) is 0 Å². The Morgan fingerprint density at radius 1 is 1.42 bits per heavy atom. The van der Waals surface area contributed by atoms with E-state index in [4.69, 9.17) is 0 Å². The Hall–Kier alpha value is -2.72. The first-order valence-corrected chi connectivity index (χ1v) is 8.14. The number of nitrogens with zero attached hydrogens (tertiary/aromatic N) is 5. The lowest BCUT2D eigenvalue weighted by Gasteiger charge is -2.21. The Balaban J connectivity index is 1.68. The molecular weight excluding hydrogens is 304 g/mol. The van der Waals surface area contributed by atoms with E-state index in [1.165, 1.54) is 6.33 Å². The van der Waals surface area contributed by atoms with Crippen LogP contribution in [0.1, 0.15) is 31.7 Å². The van der Waals surface area contributed by atoms with Crippen molar-refractivity contribution < 1.29 is 5.11 Å². The summed E-state index contributed by atoms with van der Waals surface area (Å²) in [6, 6.07) is 4.20. The topological polar surface area (TPSA) is 103 Å². The molecule has 1 unspecified atom stereocenters. The van der Waals surface area contributed by atoms with Crippen LogP contribution in [-0.4, -0.2) is 35.9 Å². The molecule has 122 valence electrons. The van der Waals surface area contributed by atoms with Crippen LogP contribution in [0.15, 0.2) is 31.0 Å². The van der Waals surface area contributed by atoms with E-state index in [2.05, 4.69) is 26.1 Å². The molecule has 3 atom stereocenters. The number of aliphatic hydroxyl groups excluding tert-OH is 1. The van der Waals surface area contributed by atoms with E-state index in [9.17, 15) is 10.4 Å². The van der Waals surface area contributed by atoms with Gasteiger partial charge >= 0.3 is 0 Å². The monoisotopic (exact) mass is 322 g/mol. The van der Waals surface area contributed by atoms with Crippen LogP contribution in [0.5, 0.6) is 0 Å². The van der Waals surface area contributed by atoms with E-state index >= 15 is 0 Å². The Labute approximate surface area is 139 Å². The van der Waals surface area contributed by atoms with Gasteiger partial charge in [0.2, 0.25) is 0 Å². The molecule has 7 nitrogen and oxygen atoms in total. The highest BCUT2D eigenvalue weighted by molar-refractivity contribution is 5.89. The summed E-state index contributed by atoms with van der Waals surface area (Å²) in [4.78, 5) is 11.7. The van der Waals surface area contributed by atoms with Crippen molar-refractivity contribution in [3.8, 4) is 17.3 Å². The number of aromatic amines is 1. The smallest absolute Gasteiger partial charge is 0.141 e. The maximum atomic E-state index is 9.81. The van der Waals surface area contributed by atoms with Crippen LogP contribution in [0.25, 0.3) is 22.3 Å². The summed E-state index contributed by atoms with van der Waals surface area (Å²) in [6.45, 7) is 0. The van der Waals surface area contributed by atoms with Crippen LogP contribution >= 0.6 is 0 Å². The van der Waals surface area contributed by atoms with Gasteiger partial charge in [-0.15, -0.1) is 0 Å². The molecule has 4 rings (SSSR count). The number of aromatic nitrogens is 5. The van der Waals surface area contributed by atoms with Gasteiger partial charge in [-0.3, -0.25) is 4.68 Å². The van der Waals surface area contributed by atoms with Crippen molar-refractivity contribution in [1.82, 2.24) is 24.7 Å². The zero-order valence-electron chi connectivity index (χ0n) is 13.1. The zero-order chi connectivity index (χ0) is 16.5. The molecule has 3 aromatic heterocycles. The molecule has 1 fully saturated rings. The van der Waals surface area contributed by atoms with Gasteiger partial charge in [-0.25, -0.2) is 9.97 Å². The Morgan fingerprint density at radius 2 is 2.33 bits per heavy atom. The summed E-state index contributed by atoms with van der Waals surface area (Å²) in [5.74, 6) is 0.282. The van der Waals surface area contributed by atoms with E-state index in [-0.39, 0.29) is 18.1 Å². The second-order valence-corrected chi connectivity index (χ2v) is 6.33. The van der Waals surface area contributed by atoms with Gasteiger partial charge in [0, 0.05) is 23.3 Å². The molecule has 0 radical (unpaired) electrons. The van der Waals surface area contributed by atoms with Crippen LogP contribution < -0.4 is 0 Å². The maximum absolute atomic E-state index is 9.81. The molecule has 0 bridgehead atoms. The van der Waals surface area contributed by atoms with Crippen LogP contribution in [0, 0.1) is 17.2 Å². The lowest BCUT2D eigenvalue weighted by Crippen LogP contribution is -2.18. The molecule has 1 aliphatic rings. The average molecular weight is 322 g/mol. The van der Waals surface area contributed by atoms with Crippen molar-refractivity contribution in [2.75, 3.05) is 0 Å². The minimum atomic E-state index is -0.257. The first-order valence-electron chi connectivity index (χ1n) is 8.14. The van der Waals surface area contributed by atoms with Crippen LogP contribution in [0.3, 0.4) is 0 Å². The van der Waals surface area contributed by atoms with E-state index in [1.807, 2.05) is 23.1 Å². The van der Waals surface area contributed by atoms with Crippen molar-refractivity contribution in [2.45, 2.75) is 37.8 Å². The lowest BCUT2D eigenvalue weighted by molar-refractivity contribution is 0.170. The highest BCUT2D eigenvalue weighted by atomic mass is 16.3. The normalized spacial score (nSPS) is 21.8. The number of H-pyrrole nitrogens is 1. The molecule has 3 aromatic rings. The third-order valence-corrected chi connectivity index (χ3v) is 4.86. The third kappa shape index (κ3) is 2.55. The fraction of sp³-hybridized carbons (Fsp3) is 0.412. The Bertz CT molecular complexity index is 892. The number of hydrogen-bond donors (Lipinski definition) is 2. The highest BCUT2D eigenvalue weighted by Crippen LogP contribution is 2.36. The number of aliphatic hydroxyl groups is 1. The summed E-state index contributed by atoms with van der Waals surface area (Å²) < 4.78 is 1.86. The Morgan fingerprint density at radius 3 is 3.12 bits per heavy atom. The molecule has 0 amide bonds. The minimum Gasteiger partial charge on any atom is -0.393 e. The van der Waals surface area contributed by atoms with Crippen LogP contribution in [0.2, 0.25) is 0 Å². The first-order chi connectivity index (χ1) is 11.8. The molecule has 0 aliphatic heterocycles. The van der Waals surface area contributed by atoms with Gasteiger partial charge in [-0.1, -0.05) is 0 Å². The molecule has 7 heteroatoms.